The topological polar surface area (TPSA) is 183 Å². The molecule has 0 aliphatic heterocycles. The van der Waals surface area contributed by atoms with Crippen molar-refractivity contribution in [1.29, 1.82) is 0 Å². The monoisotopic (exact) mass is 703 g/mol. The largest absolute Gasteiger partial charge is 0.491 e. The molecule has 7 rings (SSSR count). The van der Waals surface area contributed by atoms with Crippen molar-refractivity contribution in [2.75, 3.05) is 11.9 Å². The fourth-order valence-electron chi connectivity index (χ4n) is 6.35. The summed E-state index contributed by atoms with van der Waals surface area (Å²) in [5, 5.41) is 11.8. The number of primary amides is 1. The fraction of sp³-hybridized carbons (Fsp3) is 0.351. The number of carbonyl (C=O) groups excluding carboxylic acids is 3. The van der Waals surface area contributed by atoms with E-state index in [9.17, 15) is 14.4 Å². The number of amides is 2. The summed E-state index contributed by atoms with van der Waals surface area (Å²) >= 11 is 0. The Morgan fingerprint density at radius 2 is 1.62 bits per heavy atom. The number of ketones is 1. The van der Waals surface area contributed by atoms with Crippen LogP contribution in [0.4, 0.5) is 5.95 Å². The molecule has 15 nitrogen and oxygen atoms in total. The number of carbonyl (C=O) groups is 3. The van der Waals surface area contributed by atoms with E-state index in [1.54, 1.807) is 46.0 Å². The number of benzene rings is 1. The van der Waals surface area contributed by atoms with Crippen LogP contribution in [0.3, 0.4) is 0 Å². The standard InChI is InChI=1S/C37H41N11O4/c1-5-47-28(15-22(3)43-47)31(49)19-33-40-26-11-12-39-20-30(26)45(33)13-7-8-14-46-34-27(17-25(35(38)50)18-32(34)52-21-24-9-10-24)41-37(46)42-36(51)29-16-23(4)44-48(29)6-2/h7-8,11-12,15-18,20,24H,5-6,9-10,13-14,19,21H2,1-4H3,(H2,38,50)(H,41,42,51)/b8-7+. The number of hydrogen-bond acceptors (Lipinski definition) is 9. The van der Waals surface area contributed by atoms with Crippen LogP contribution in [0.25, 0.3) is 22.1 Å². The number of rotatable bonds is 15. The van der Waals surface area contributed by atoms with Gasteiger partial charge in [0.2, 0.25) is 11.9 Å². The molecule has 5 aromatic heterocycles. The smallest absolute Gasteiger partial charge is 0.276 e. The zero-order valence-electron chi connectivity index (χ0n) is 29.7. The predicted molar refractivity (Wildman–Crippen MR) is 194 cm³/mol. The van der Waals surface area contributed by atoms with E-state index < -0.39 is 5.91 Å². The highest BCUT2D eigenvalue weighted by molar-refractivity contribution is 6.04. The third-order valence-corrected chi connectivity index (χ3v) is 9.10. The lowest BCUT2D eigenvalue weighted by Crippen LogP contribution is -2.20. The van der Waals surface area contributed by atoms with Crippen LogP contribution in [-0.4, -0.2) is 67.9 Å². The summed E-state index contributed by atoms with van der Waals surface area (Å²) in [5.41, 5.74) is 11.0. The molecule has 2 amide bonds. The van der Waals surface area contributed by atoms with Gasteiger partial charge in [0, 0.05) is 37.9 Å². The number of aryl methyl sites for hydroxylation is 4. The zero-order chi connectivity index (χ0) is 36.5. The van der Waals surface area contributed by atoms with Crippen LogP contribution in [-0.2, 0) is 32.6 Å². The van der Waals surface area contributed by atoms with E-state index >= 15 is 0 Å². The lowest BCUT2D eigenvalue weighted by Gasteiger charge is -2.13. The van der Waals surface area contributed by atoms with Gasteiger partial charge in [0.25, 0.3) is 5.91 Å². The molecule has 1 aromatic carbocycles. The van der Waals surface area contributed by atoms with Crippen molar-refractivity contribution in [2.24, 2.45) is 11.7 Å². The van der Waals surface area contributed by atoms with Crippen LogP contribution < -0.4 is 15.8 Å². The predicted octanol–water partition coefficient (Wildman–Crippen LogP) is 4.65. The molecule has 1 saturated carbocycles. The van der Waals surface area contributed by atoms with Crippen LogP contribution in [0.2, 0.25) is 0 Å². The first kappa shape index (κ1) is 34.3. The summed E-state index contributed by atoms with van der Waals surface area (Å²) in [6.45, 7) is 9.87. The van der Waals surface area contributed by atoms with E-state index in [2.05, 4.69) is 20.5 Å². The molecular weight excluding hydrogens is 662 g/mol. The number of nitrogens with zero attached hydrogens (tertiary/aromatic N) is 9. The maximum atomic E-state index is 13.6. The van der Waals surface area contributed by atoms with Crippen molar-refractivity contribution in [3.8, 4) is 5.75 Å². The maximum Gasteiger partial charge on any atom is 0.276 e. The highest BCUT2D eigenvalue weighted by Gasteiger charge is 2.25. The minimum absolute atomic E-state index is 0.0742. The Bertz CT molecular complexity index is 2360. The van der Waals surface area contributed by atoms with Gasteiger partial charge < -0.3 is 19.6 Å². The van der Waals surface area contributed by atoms with Gasteiger partial charge >= 0.3 is 0 Å². The van der Waals surface area contributed by atoms with E-state index in [1.165, 1.54) is 0 Å². The van der Waals surface area contributed by atoms with Crippen LogP contribution in [0.5, 0.6) is 5.75 Å². The summed E-state index contributed by atoms with van der Waals surface area (Å²) in [6, 6.07) is 8.60. The molecule has 0 saturated heterocycles. The van der Waals surface area contributed by atoms with Gasteiger partial charge in [0.15, 0.2) is 5.78 Å². The first-order valence-electron chi connectivity index (χ1n) is 17.5. The molecule has 268 valence electrons. The lowest BCUT2D eigenvalue weighted by atomic mass is 10.1. The molecule has 3 N–H and O–H groups in total. The van der Waals surface area contributed by atoms with E-state index in [1.807, 2.05) is 55.0 Å². The maximum absolute atomic E-state index is 13.6. The summed E-state index contributed by atoms with van der Waals surface area (Å²) in [4.78, 5) is 53.2. The minimum atomic E-state index is -0.605. The lowest BCUT2D eigenvalue weighted by molar-refractivity contribution is 0.0976. The number of nitrogens with one attached hydrogen (secondary N) is 1. The molecule has 6 aromatic rings. The number of nitrogens with two attached hydrogens (primary N) is 1. The van der Waals surface area contributed by atoms with E-state index in [0.717, 1.165) is 35.3 Å². The van der Waals surface area contributed by atoms with Gasteiger partial charge in [0.1, 0.15) is 28.5 Å². The highest BCUT2D eigenvalue weighted by Crippen LogP contribution is 2.34. The van der Waals surface area contributed by atoms with Crippen LogP contribution in [0.1, 0.15) is 75.2 Å². The van der Waals surface area contributed by atoms with Crippen molar-refractivity contribution in [2.45, 2.75) is 73.1 Å². The van der Waals surface area contributed by atoms with Crippen molar-refractivity contribution < 1.29 is 19.1 Å². The second kappa shape index (κ2) is 14.2. The summed E-state index contributed by atoms with van der Waals surface area (Å²) in [7, 11) is 0. The summed E-state index contributed by atoms with van der Waals surface area (Å²) < 4.78 is 13.4. The Morgan fingerprint density at radius 1 is 0.923 bits per heavy atom. The Labute approximate surface area is 299 Å². The second-order valence-electron chi connectivity index (χ2n) is 13.0. The number of aromatic nitrogens is 9. The molecule has 5 heterocycles. The third kappa shape index (κ3) is 6.93. The average molecular weight is 704 g/mol. The quantitative estimate of drug-likeness (QED) is 0.114. The van der Waals surface area contributed by atoms with E-state index in [4.69, 9.17) is 20.4 Å². The van der Waals surface area contributed by atoms with Crippen LogP contribution >= 0.6 is 0 Å². The van der Waals surface area contributed by atoms with E-state index in [-0.39, 0.29) is 29.6 Å². The normalized spacial score (nSPS) is 13.1. The number of pyridine rings is 1. The third-order valence-electron chi connectivity index (χ3n) is 9.10. The van der Waals surface area contributed by atoms with Gasteiger partial charge in [-0.1, -0.05) is 12.2 Å². The number of imidazole rings is 2. The first-order valence-corrected chi connectivity index (χ1v) is 17.5. The van der Waals surface area contributed by atoms with E-state index in [0.29, 0.717) is 72.7 Å². The van der Waals surface area contributed by atoms with Gasteiger partial charge in [-0.3, -0.25) is 34.0 Å². The van der Waals surface area contributed by atoms with Crippen molar-refractivity contribution in [3.05, 3.63) is 89.0 Å². The molecule has 1 aliphatic carbocycles. The average Bonchev–Trinajstić information content (AvgIpc) is 3.41. The molecule has 1 fully saturated rings. The Balaban J connectivity index is 1.22. The van der Waals surface area contributed by atoms with Crippen molar-refractivity contribution >= 4 is 45.6 Å². The molecule has 0 atom stereocenters. The SMILES string of the molecule is CCn1nc(C)cc1C(=O)Cc1nc2ccncc2n1C/C=C/Cn1c(NC(=O)c2cc(C)nn2CC)nc2cc(C(N)=O)cc(OCC3CC3)c21. The van der Waals surface area contributed by atoms with Crippen LogP contribution in [0.15, 0.2) is 54.9 Å². The van der Waals surface area contributed by atoms with Gasteiger partial charge in [-0.25, -0.2) is 9.97 Å². The molecular formula is C37H41N11O4. The summed E-state index contributed by atoms with van der Waals surface area (Å²) in [5.74, 6) is 0.745. The molecule has 1 aliphatic rings. The van der Waals surface area contributed by atoms with Gasteiger partial charge in [-0.15, -0.1) is 0 Å². The molecule has 15 heteroatoms. The zero-order valence-corrected chi connectivity index (χ0v) is 29.7. The Kier molecular flexibility index (Phi) is 9.41. The Morgan fingerprint density at radius 3 is 2.31 bits per heavy atom. The fourth-order valence-corrected chi connectivity index (χ4v) is 6.35. The molecule has 52 heavy (non-hydrogen) atoms. The molecule has 0 bridgehead atoms. The number of Topliss-reactive ketones (excluding diaryl/α,β-unsaturated/α-hetero) is 1. The van der Waals surface area contributed by atoms with Gasteiger partial charge in [-0.2, -0.15) is 10.2 Å². The second-order valence-corrected chi connectivity index (χ2v) is 13.0. The number of ether oxygens (including phenoxy) is 1. The van der Waals surface area contributed by atoms with Crippen molar-refractivity contribution in [1.82, 2.24) is 43.6 Å². The molecule has 0 unspecified atom stereocenters. The van der Waals surface area contributed by atoms with Crippen LogP contribution in [0, 0.1) is 19.8 Å². The summed E-state index contributed by atoms with van der Waals surface area (Å²) in [6.07, 6.45) is 9.60. The number of anilines is 1. The molecule has 0 spiro atoms. The first-order chi connectivity index (χ1) is 25.1. The highest BCUT2D eigenvalue weighted by atomic mass is 16.5. The number of allylic oxidation sites excluding steroid dienone is 2. The van der Waals surface area contributed by atoms with Gasteiger partial charge in [-0.05, 0) is 76.8 Å². The molecule has 0 radical (unpaired) electrons. The number of hydrogen-bond donors (Lipinski definition) is 2. The Hall–Kier alpha value is -6.12. The van der Waals surface area contributed by atoms with Gasteiger partial charge in [0.05, 0.1) is 47.2 Å². The van der Waals surface area contributed by atoms with Crippen molar-refractivity contribution in [3.63, 3.8) is 0 Å². The number of fused-ring (bicyclic) bond motifs is 2. The minimum Gasteiger partial charge on any atom is -0.491 e.